The predicted octanol–water partition coefficient (Wildman–Crippen LogP) is 3.22. The van der Waals surface area contributed by atoms with Gasteiger partial charge in [-0.15, -0.1) is 0 Å². The van der Waals surface area contributed by atoms with Crippen LogP contribution in [0.3, 0.4) is 0 Å². The highest BCUT2D eigenvalue weighted by atomic mass is 32.2. The molecule has 128 valence electrons. The molecule has 2 rings (SSSR count). The molecule has 0 saturated carbocycles. The van der Waals surface area contributed by atoms with Gasteiger partial charge in [0.25, 0.3) is 10.0 Å². The topological polar surface area (TPSA) is 63.7 Å². The number of anilines is 1. The van der Waals surface area contributed by atoms with Gasteiger partial charge < -0.3 is 4.74 Å². The zero-order valence-corrected chi connectivity index (χ0v) is 14.2. The zero-order valence-electron chi connectivity index (χ0n) is 13.4. The Morgan fingerprint density at radius 1 is 1.12 bits per heavy atom. The van der Waals surface area contributed by atoms with E-state index >= 15 is 0 Å². The molecular formula is C17H18FNO4S. The fourth-order valence-electron chi connectivity index (χ4n) is 2.23. The molecule has 0 aliphatic heterocycles. The van der Waals surface area contributed by atoms with Gasteiger partial charge in [-0.05, 0) is 56.3 Å². The highest BCUT2D eigenvalue weighted by Gasteiger charge is 2.24. The number of ether oxygens (including phenoxy) is 1. The maximum absolute atomic E-state index is 13.0. The summed E-state index contributed by atoms with van der Waals surface area (Å²) in [5, 5.41) is 0. The quantitative estimate of drug-likeness (QED) is 0.750. The molecule has 0 radical (unpaired) electrons. The summed E-state index contributed by atoms with van der Waals surface area (Å²) in [6.07, 6.45) is 0. The van der Waals surface area contributed by atoms with Crippen molar-refractivity contribution in [1.82, 2.24) is 0 Å². The smallest absolute Gasteiger partial charge is 0.338 e. The molecule has 7 heteroatoms. The summed E-state index contributed by atoms with van der Waals surface area (Å²) >= 11 is 0. The molecule has 2 aromatic carbocycles. The minimum absolute atomic E-state index is 0.0210. The molecule has 2 aromatic rings. The van der Waals surface area contributed by atoms with E-state index in [2.05, 4.69) is 0 Å². The Kier molecular flexibility index (Phi) is 5.56. The molecule has 0 spiro atoms. The standard InChI is InChI=1S/C17H18FNO4S/c1-3-19(24(21,22)16-10-8-14(18)9-11-16)15-7-5-6-13(12-15)17(20)23-4-2/h5-12H,3-4H2,1-2H3. The summed E-state index contributed by atoms with van der Waals surface area (Å²) in [6, 6.07) is 10.8. The van der Waals surface area contributed by atoms with Crippen LogP contribution in [0.2, 0.25) is 0 Å². The predicted molar refractivity (Wildman–Crippen MR) is 89.0 cm³/mol. The molecule has 0 unspecified atom stereocenters. The average molecular weight is 351 g/mol. The van der Waals surface area contributed by atoms with E-state index in [-0.39, 0.29) is 23.6 Å². The van der Waals surface area contributed by atoms with Crippen molar-refractivity contribution in [2.75, 3.05) is 17.5 Å². The van der Waals surface area contributed by atoms with E-state index in [0.717, 1.165) is 16.4 Å². The first-order chi connectivity index (χ1) is 11.4. The lowest BCUT2D eigenvalue weighted by molar-refractivity contribution is 0.0526. The summed E-state index contributed by atoms with van der Waals surface area (Å²) in [5.74, 6) is -1.03. The van der Waals surface area contributed by atoms with Crippen LogP contribution in [0.25, 0.3) is 0 Å². The van der Waals surface area contributed by atoms with Crippen LogP contribution in [0.4, 0.5) is 10.1 Å². The van der Waals surface area contributed by atoms with Gasteiger partial charge in [-0.3, -0.25) is 4.31 Å². The Morgan fingerprint density at radius 3 is 2.38 bits per heavy atom. The van der Waals surface area contributed by atoms with Gasteiger partial charge in [0, 0.05) is 6.54 Å². The van der Waals surface area contributed by atoms with Crippen LogP contribution in [0.15, 0.2) is 53.4 Å². The van der Waals surface area contributed by atoms with Crippen molar-refractivity contribution in [3.63, 3.8) is 0 Å². The summed E-state index contributed by atoms with van der Waals surface area (Å²) in [7, 11) is -3.86. The number of halogens is 1. The Labute approximate surface area is 140 Å². The van der Waals surface area contributed by atoms with Gasteiger partial charge in [-0.25, -0.2) is 17.6 Å². The number of sulfonamides is 1. The van der Waals surface area contributed by atoms with Gasteiger partial charge in [-0.2, -0.15) is 0 Å². The lowest BCUT2D eigenvalue weighted by atomic mass is 10.2. The third-order valence-electron chi connectivity index (χ3n) is 3.33. The van der Waals surface area contributed by atoms with Crippen molar-refractivity contribution in [3.8, 4) is 0 Å². The molecule has 0 saturated heterocycles. The van der Waals surface area contributed by atoms with Gasteiger partial charge in [0.2, 0.25) is 0 Å². The summed E-state index contributed by atoms with van der Waals surface area (Å²) < 4.78 is 44.7. The Morgan fingerprint density at radius 2 is 1.79 bits per heavy atom. The minimum Gasteiger partial charge on any atom is -0.462 e. The van der Waals surface area contributed by atoms with E-state index in [1.54, 1.807) is 32.0 Å². The summed E-state index contributed by atoms with van der Waals surface area (Å²) in [6.45, 7) is 3.76. The second kappa shape index (κ2) is 7.44. The lowest BCUT2D eigenvalue weighted by Crippen LogP contribution is -2.31. The number of rotatable bonds is 6. The first kappa shape index (κ1) is 17.9. The van der Waals surface area contributed by atoms with Gasteiger partial charge in [0.15, 0.2) is 0 Å². The molecule has 0 aliphatic rings. The lowest BCUT2D eigenvalue weighted by Gasteiger charge is -2.23. The van der Waals surface area contributed by atoms with Crippen LogP contribution in [-0.4, -0.2) is 27.5 Å². The SMILES string of the molecule is CCOC(=O)c1cccc(N(CC)S(=O)(=O)c2ccc(F)cc2)c1. The molecule has 0 N–H and O–H groups in total. The van der Waals surface area contributed by atoms with E-state index in [9.17, 15) is 17.6 Å². The number of carbonyl (C=O) groups excluding carboxylic acids is 1. The second-order valence-electron chi connectivity index (χ2n) is 4.89. The van der Waals surface area contributed by atoms with Gasteiger partial charge in [0.05, 0.1) is 22.8 Å². The average Bonchev–Trinajstić information content (AvgIpc) is 2.56. The van der Waals surface area contributed by atoms with E-state index in [4.69, 9.17) is 4.74 Å². The first-order valence-corrected chi connectivity index (χ1v) is 8.89. The monoisotopic (exact) mass is 351 g/mol. The molecule has 0 fully saturated rings. The molecule has 0 bridgehead atoms. The van der Waals surface area contributed by atoms with Crippen molar-refractivity contribution in [1.29, 1.82) is 0 Å². The molecule has 0 aromatic heterocycles. The van der Waals surface area contributed by atoms with Crippen LogP contribution in [0, 0.1) is 5.82 Å². The molecule has 0 heterocycles. The molecular weight excluding hydrogens is 333 g/mol. The number of esters is 1. The zero-order chi connectivity index (χ0) is 17.7. The van der Waals surface area contributed by atoms with Crippen LogP contribution >= 0.6 is 0 Å². The Hall–Kier alpha value is -2.41. The van der Waals surface area contributed by atoms with Crippen molar-refractivity contribution >= 4 is 21.7 Å². The molecule has 0 atom stereocenters. The molecule has 0 amide bonds. The second-order valence-corrected chi connectivity index (χ2v) is 6.76. The highest BCUT2D eigenvalue weighted by molar-refractivity contribution is 7.92. The Balaban J connectivity index is 2.42. The molecule has 24 heavy (non-hydrogen) atoms. The van der Waals surface area contributed by atoms with Crippen LogP contribution in [0.1, 0.15) is 24.2 Å². The van der Waals surface area contributed by atoms with Crippen LogP contribution in [-0.2, 0) is 14.8 Å². The third kappa shape index (κ3) is 3.73. The van der Waals surface area contributed by atoms with Crippen molar-refractivity contribution in [2.45, 2.75) is 18.7 Å². The van der Waals surface area contributed by atoms with E-state index < -0.39 is 21.8 Å². The van der Waals surface area contributed by atoms with Crippen LogP contribution < -0.4 is 4.31 Å². The summed E-state index contributed by atoms with van der Waals surface area (Å²) in [5.41, 5.74) is 0.606. The van der Waals surface area contributed by atoms with E-state index in [1.165, 1.54) is 18.2 Å². The number of hydrogen-bond acceptors (Lipinski definition) is 4. The number of benzene rings is 2. The highest BCUT2D eigenvalue weighted by Crippen LogP contribution is 2.24. The largest absolute Gasteiger partial charge is 0.462 e. The van der Waals surface area contributed by atoms with Crippen molar-refractivity contribution in [3.05, 3.63) is 59.9 Å². The normalized spacial score (nSPS) is 11.1. The van der Waals surface area contributed by atoms with E-state index in [0.29, 0.717) is 5.69 Å². The fraction of sp³-hybridized carbons (Fsp3) is 0.235. The first-order valence-electron chi connectivity index (χ1n) is 7.45. The van der Waals surface area contributed by atoms with Crippen LogP contribution in [0.5, 0.6) is 0 Å². The van der Waals surface area contributed by atoms with Gasteiger partial charge in [-0.1, -0.05) is 6.07 Å². The van der Waals surface area contributed by atoms with E-state index in [1.807, 2.05) is 0 Å². The number of hydrogen-bond donors (Lipinski definition) is 0. The number of carbonyl (C=O) groups is 1. The third-order valence-corrected chi connectivity index (χ3v) is 5.25. The molecule has 0 aliphatic carbocycles. The fourth-order valence-corrected chi connectivity index (χ4v) is 3.69. The Bertz CT molecular complexity index is 819. The molecule has 5 nitrogen and oxygen atoms in total. The van der Waals surface area contributed by atoms with Gasteiger partial charge >= 0.3 is 5.97 Å². The van der Waals surface area contributed by atoms with Gasteiger partial charge in [0.1, 0.15) is 5.82 Å². The maximum atomic E-state index is 13.0. The number of nitrogens with zero attached hydrogens (tertiary/aromatic N) is 1. The van der Waals surface area contributed by atoms with Crippen molar-refractivity contribution in [2.24, 2.45) is 0 Å². The van der Waals surface area contributed by atoms with Crippen molar-refractivity contribution < 1.29 is 22.3 Å². The maximum Gasteiger partial charge on any atom is 0.338 e. The minimum atomic E-state index is -3.86. The summed E-state index contributed by atoms with van der Waals surface area (Å²) in [4.78, 5) is 11.8.